The molecule has 0 spiro atoms. The summed E-state index contributed by atoms with van der Waals surface area (Å²) >= 11 is 3.80. The maximum absolute atomic E-state index is 13.9. The SMILES string of the molecule is CCOC(=O)c1cc(NCC2CSCCS2)c(F)cc1N. The summed E-state index contributed by atoms with van der Waals surface area (Å²) in [6.07, 6.45) is 0. The molecular weight excluding hydrogens is 311 g/mol. The van der Waals surface area contributed by atoms with Crippen molar-refractivity contribution in [1.82, 2.24) is 0 Å². The summed E-state index contributed by atoms with van der Waals surface area (Å²) in [5.41, 5.74) is 6.28. The number of halogens is 1. The highest BCUT2D eigenvalue weighted by Crippen LogP contribution is 2.26. The van der Waals surface area contributed by atoms with Crippen molar-refractivity contribution in [3.8, 4) is 0 Å². The second-order valence-electron chi connectivity index (χ2n) is 4.59. The zero-order valence-corrected chi connectivity index (χ0v) is 13.5. The van der Waals surface area contributed by atoms with Crippen LogP contribution in [0.3, 0.4) is 0 Å². The summed E-state index contributed by atoms with van der Waals surface area (Å²) in [5, 5.41) is 3.53. The van der Waals surface area contributed by atoms with Gasteiger partial charge in [-0.05, 0) is 19.1 Å². The minimum Gasteiger partial charge on any atom is -0.462 e. The zero-order valence-electron chi connectivity index (χ0n) is 11.9. The summed E-state index contributed by atoms with van der Waals surface area (Å²) in [5.74, 6) is 2.37. The van der Waals surface area contributed by atoms with Crippen LogP contribution in [0.15, 0.2) is 12.1 Å². The van der Waals surface area contributed by atoms with Crippen LogP contribution in [0.5, 0.6) is 0 Å². The standard InChI is InChI=1S/C14H19FN2O2S2/c1-2-19-14(18)10-5-13(11(15)6-12(10)16)17-7-9-8-20-3-4-21-9/h5-6,9,17H,2-4,7-8,16H2,1H3. The summed E-state index contributed by atoms with van der Waals surface area (Å²) in [6.45, 7) is 2.64. The van der Waals surface area contributed by atoms with Crippen molar-refractivity contribution in [2.45, 2.75) is 12.2 Å². The summed E-state index contributed by atoms with van der Waals surface area (Å²) in [4.78, 5) is 11.8. The molecule has 0 aliphatic carbocycles. The number of esters is 1. The third-order valence-electron chi connectivity index (χ3n) is 3.04. The van der Waals surface area contributed by atoms with Crippen molar-refractivity contribution in [3.63, 3.8) is 0 Å². The number of rotatable bonds is 5. The fourth-order valence-corrected chi connectivity index (χ4v) is 4.60. The van der Waals surface area contributed by atoms with Gasteiger partial charge >= 0.3 is 5.97 Å². The number of carbonyl (C=O) groups excluding carboxylic acids is 1. The van der Waals surface area contributed by atoms with E-state index in [2.05, 4.69) is 5.32 Å². The Balaban J connectivity index is 2.07. The summed E-state index contributed by atoms with van der Waals surface area (Å²) < 4.78 is 18.8. The quantitative estimate of drug-likeness (QED) is 0.639. The van der Waals surface area contributed by atoms with Crippen LogP contribution >= 0.6 is 23.5 Å². The maximum Gasteiger partial charge on any atom is 0.340 e. The van der Waals surface area contributed by atoms with Gasteiger partial charge in [0.2, 0.25) is 0 Å². The molecule has 0 amide bonds. The first-order chi connectivity index (χ1) is 10.1. The molecule has 7 heteroatoms. The predicted octanol–water partition coefficient (Wildman–Crippen LogP) is 2.85. The minimum absolute atomic E-state index is 0.0964. The van der Waals surface area contributed by atoms with E-state index in [0.717, 1.165) is 17.6 Å². The number of hydrogen-bond donors (Lipinski definition) is 2. The average Bonchev–Trinajstić information content (AvgIpc) is 2.47. The number of nitrogens with two attached hydrogens (primary N) is 1. The fraction of sp³-hybridized carbons (Fsp3) is 0.500. The first-order valence-electron chi connectivity index (χ1n) is 6.81. The molecule has 1 fully saturated rings. The zero-order chi connectivity index (χ0) is 15.2. The lowest BCUT2D eigenvalue weighted by molar-refractivity contribution is 0.0527. The topological polar surface area (TPSA) is 64.3 Å². The molecule has 1 aliphatic heterocycles. The predicted molar refractivity (Wildman–Crippen MR) is 88.8 cm³/mol. The van der Waals surface area contributed by atoms with E-state index in [1.54, 1.807) is 6.92 Å². The van der Waals surface area contributed by atoms with E-state index in [4.69, 9.17) is 10.5 Å². The van der Waals surface area contributed by atoms with E-state index >= 15 is 0 Å². The van der Waals surface area contributed by atoms with Gasteiger partial charge in [0.15, 0.2) is 0 Å². The molecule has 0 aromatic heterocycles. The van der Waals surface area contributed by atoms with Gasteiger partial charge in [-0.3, -0.25) is 0 Å². The maximum atomic E-state index is 13.9. The van der Waals surface area contributed by atoms with Gasteiger partial charge < -0.3 is 15.8 Å². The van der Waals surface area contributed by atoms with Gasteiger partial charge in [0, 0.05) is 34.7 Å². The molecule has 21 heavy (non-hydrogen) atoms. The molecule has 1 heterocycles. The molecule has 4 nitrogen and oxygen atoms in total. The number of nitrogen functional groups attached to an aromatic ring is 1. The lowest BCUT2D eigenvalue weighted by Gasteiger charge is -2.22. The molecular formula is C14H19FN2O2S2. The third-order valence-corrected chi connectivity index (χ3v) is 5.88. The van der Waals surface area contributed by atoms with Crippen molar-refractivity contribution in [1.29, 1.82) is 0 Å². The summed E-state index contributed by atoms with van der Waals surface area (Å²) in [7, 11) is 0. The van der Waals surface area contributed by atoms with E-state index < -0.39 is 11.8 Å². The smallest absolute Gasteiger partial charge is 0.340 e. The Morgan fingerprint density at radius 2 is 2.33 bits per heavy atom. The first kappa shape index (κ1) is 16.3. The molecule has 0 saturated carbocycles. The van der Waals surface area contributed by atoms with Gasteiger partial charge in [0.05, 0.1) is 17.9 Å². The van der Waals surface area contributed by atoms with Gasteiger partial charge in [-0.25, -0.2) is 9.18 Å². The van der Waals surface area contributed by atoms with Crippen LogP contribution in [-0.2, 0) is 4.74 Å². The molecule has 3 N–H and O–H groups in total. The Kier molecular flexibility index (Phi) is 6.05. The molecule has 1 unspecified atom stereocenters. The lowest BCUT2D eigenvalue weighted by atomic mass is 10.1. The molecule has 1 saturated heterocycles. The molecule has 1 aliphatic rings. The van der Waals surface area contributed by atoms with Gasteiger partial charge in [-0.15, -0.1) is 0 Å². The van der Waals surface area contributed by atoms with Gasteiger partial charge in [-0.2, -0.15) is 23.5 Å². The van der Waals surface area contributed by atoms with Crippen LogP contribution in [0.2, 0.25) is 0 Å². The van der Waals surface area contributed by atoms with Crippen LogP contribution in [0.25, 0.3) is 0 Å². The number of benzene rings is 1. The van der Waals surface area contributed by atoms with Crippen molar-refractivity contribution >= 4 is 40.9 Å². The highest BCUT2D eigenvalue weighted by molar-refractivity contribution is 8.06. The largest absolute Gasteiger partial charge is 0.462 e. The van der Waals surface area contributed by atoms with E-state index in [-0.39, 0.29) is 17.9 Å². The Morgan fingerprint density at radius 1 is 1.52 bits per heavy atom. The van der Waals surface area contributed by atoms with Crippen LogP contribution < -0.4 is 11.1 Å². The number of hydrogen-bond acceptors (Lipinski definition) is 6. The molecule has 1 aromatic carbocycles. The van der Waals surface area contributed by atoms with Crippen molar-refractivity contribution in [3.05, 3.63) is 23.5 Å². The van der Waals surface area contributed by atoms with Gasteiger partial charge in [0.1, 0.15) is 5.82 Å². The van der Waals surface area contributed by atoms with E-state index in [1.165, 1.54) is 11.8 Å². The van der Waals surface area contributed by atoms with Gasteiger partial charge in [-0.1, -0.05) is 0 Å². The Morgan fingerprint density at radius 3 is 3.00 bits per heavy atom. The van der Waals surface area contributed by atoms with E-state index in [1.807, 2.05) is 23.5 Å². The van der Waals surface area contributed by atoms with Crippen LogP contribution in [0.4, 0.5) is 15.8 Å². The number of ether oxygens (including phenoxy) is 1. The number of thioether (sulfide) groups is 2. The monoisotopic (exact) mass is 330 g/mol. The van der Waals surface area contributed by atoms with Crippen molar-refractivity contribution in [2.24, 2.45) is 0 Å². The second-order valence-corrected chi connectivity index (χ2v) is 7.15. The molecule has 0 bridgehead atoms. The minimum atomic E-state index is -0.527. The summed E-state index contributed by atoms with van der Waals surface area (Å²) in [6, 6.07) is 2.60. The second kappa shape index (κ2) is 7.79. The number of carbonyl (C=O) groups is 1. The number of anilines is 2. The Bertz CT molecular complexity index is 508. The lowest BCUT2D eigenvalue weighted by Crippen LogP contribution is -2.23. The first-order valence-corrected chi connectivity index (χ1v) is 9.01. The fourth-order valence-electron chi connectivity index (χ4n) is 1.99. The molecule has 0 radical (unpaired) electrons. The van der Waals surface area contributed by atoms with Crippen LogP contribution in [0.1, 0.15) is 17.3 Å². The van der Waals surface area contributed by atoms with Gasteiger partial charge in [0.25, 0.3) is 0 Å². The Hall–Kier alpha value is -1.08. The third kappa shape index (κ3) is 4.44. The van der Waals surface area contributed by atoms with Crippen LogP contribution in [-0.4, -0.2) is 41.6 Å². The molecule has 1 atom stereocenters. The van der Waals surface area contributed by atoms with Crippen molar-refractivity contribution < 1.29 is 13.9 Å². The average molecular weight is 330 g/mol. The van der Waals surface area contributed by atoms with Crippen molar-refractivity contribution in [2.75, 3.05) is 41.5 Å². The molecule has 1 aromatic rings. The highest BCUT2D eigenvalue weighted by atomic mass is 32.2. The number of nitrogens with one attached hydrogen (secondary N) is 1. The highest BCUT2D eigenvalue weighted by Gasteiger charge is 2.18. The van der Waals surface area contributed by atoms with E-state index in [0.29, 0.717) is 17.5 Å². The normalized spacial score (nSPS) is 18.3. The van der Waals surface area contributed by atoms with E-state index in [9.17, 15) is 9.18 Å². The molecule has 116 valence electrons. The van der Waals surface area contributed by atoms with Crippen LogP contribution in [0, 0.1) is 5.82 Å². The Labute approximate surface area is 132 Å². The molecule has 2 rings (SSSR count).